The summed E-state index contributed by atoms with van der Waals surface area (Å²) in [7, 11) is 1.37. The van der Waals surface area contributed by atoms with Gasteiger partial charge in [-0.1, -0.05) is 30.9 Å². The molecule has 0 spiro atoms. The van der Waals surface area contributed by atoms with Crippen LogP contribution in [0.1, 0.15) is 27.2 Å². The van der Waals surface area contributed by atoms with Gasteiger partial charge in [-0.3, -0.25) is 0 Å². The van der Waals surface area contributed by atoms with Crippen molar-refractivity contribution in [1.29, 1.82) is 0 Å². The first kappa shape index (κ1) is 20.6. The Labute approximate surface area is 151 Å². The summed E-state index contributed by atoms with van der Waals surface area (Å²) in [6.45, 7) is 15.0. The Morgan fingerprint density at radius 1 is 1.40 bits per heavy atom. The molecule has 0 amide bonds. The summed E-state index contributed by atoms with van der Waals surface area (Å²) in [5.41, 5.74) is 3.37. The second kappa shape index (κ2) is 10.4. The van der Waals surface area contributed by atoms with E-state index in [0.29, 0.717) is 24.4 Å². The molecule has 25 heavy (non-hydrogen) atoms. The van der Waals surface area contributed by atoms with Gasteiger partial charge in [0.25, 0.3) is 0 Å². The predicted molar refractivity (Wildman–Crippen MR) is 103 cm³/mol. The van der Waals surface area contributed by atoms with Crippen molar-refractivity contribution in [1.82, 2.24) is 5.32 Å². The number of nitrogens with one attached hydrogen (secondary N) is 1. The molecule has 0 aliphatic carbocycles. The first-order chi connectivity index (χ1) is 12.0. The molecule has 0 aromatic heterocycles. The molecule has 136 valence electrons. The lowest BCUT2D eigenvalue weighted by Gasteiger charge is -2.27. The van der Waals surface area contributed by atoms with Crippen LogP contribution in [0.3, 0.4) is 0 Å². The molecule has 0 bridgehead atoms. The number of rotatable bonds is 8. The van der Waals surface area contributed by atoms with Crippen molar-refractivity contribution in [3.8, 4) is 0 Å². The molecular formula is C21H29NO3. The molecule has 0 aromatic carbocycles. The van der Waals surface area contributed by atoms with Gasteiger partial charge in [0.05, 0.1) is 19.3 Å². The highest BCUT2D eigenvalue weighted by Crippen LogP contribution is 2.28. The Morgan fingerprint density at radius 3 is 2.64 bits per heavy atom. The van der Waals surface area contributed by atoms with Gasteiger partial charge >= 0.3 is 5.97 Å². The first-order valence-electron chi connectivity index (χ1n) is 8.44. The number of carbonyl (C=O) groups excluding carboxylic acids is 1. The van der Waals surface area contributed by atoms with E-state index < -0.39 is 5.97 Å². The van der Waals surface area contributed by atoms with Crippen molar-refractivity contribution in [3.63, 3.8) is 0 Å². The summed E-state index contributed by atoms with van der Waals surface area (Å²) in [6, 6.07) is 0. The van der Waals surface area contributed by atoms with Crippen LogP contribution in [0.25, 0.3) is 0 Å². The number of allylic oxidation sites excluding steroid dienone is 5. The van der Waals surface area contributed by atoms with Crippen LogP contribution in [-0.2, 0) is 14.3 Å². The van der Waals surface area contributed by atoms with Crippen molar-refractivity contribution in [2.75, 3.05) is 20.3 Å². The van der Waals surface area contributed by atoms with Gasteiger partial charge in [0.2, 0.25) is 0 Å². The van der Waals surface area contributed by atoms with Crippen LogP contribution in [0.4, 0.5) is 0 Å². The van der Waals surface area contributed by atoms with E-state index in [1.165, 1.54) is 12.7 Å². The van der Waals surface area contributed by atoms with E-state index in [2.05, 4.69) is 18.5 Å². The van der Waals surface area contributed by atoms with Gasteiger partial charge in [0.15, 0.2) is 0 Å². The Balaban J connectivity index is 3.07. The molecule has 1 atom stereocenters. The molecule has 0 saturated heterocycles. The van der Waals surface area contributed by atoms with Crippen LogP contribution < -0.4 is 5.32 Å². The summed E-state index contributed by atoms with van der Waals surface area (Å²) in [4.78, 5) is 12.0. The van der Waals surface area contributed by atoms with Crippen molar-refractivity contribution in [2.45, 2.75) is 27.2 Å². The third-order valence-corrected chi connectivity index (χ3v) is 3.86. The second-order valence-electron chi connectivity index (χ2n) is 5.98. The van der Waals surface area contributed by atoms with Crippen molar-refractivity contribution in [2.24, 2.45) is 5.92 Å². The van der Waals surface area contributed by atoms with E-state index in [1.807, 2.05) is 32.9 Å². The molecule has 1 N–H and O–H groups in total. The number of carbonyl (C=O) groups is 1. The zero-order valence-corrected chi connectivity index (χ0v) is 15.7. The van der Waals surface area contributed by atoms with Crippen LogP contribution in [0.2, 0.25) is 0 Å². The van der Waals surface area contributed by atoms with E-state index in [0.717, 1.165) is 17.8 Å². The average Bonchev–Trinajstić information content (AvgIpc) is 2.60. The lowest BCUT2D eigenvalue weighted by molar-refractivity contribution is -0.135. The predicted octanol–water partition coefficient (Wildman–Crippen LogP) is 4.21. The normalized spacial score (nSPS) is 18.2. The third-order valence-electron chi connectivity index (χ3n) is 3.86. The maximum atomic E-state index is 12.0. The minimum absolute atomic E-state index is 0.247. The molecule has 1 rings (SSSR count). The molecule has 4 nitrogen and oxygen atoms in total. The number of hydrogen-bond donors (Lipinski definition) is 1. The fourth-order valence-corrected chi connectivity index (χ4v) is 2.67. The van der Waals surface area contributed by atoms with Gasteiger partial charge in [-0.15, -0.1) is 0 Å². The smallest absolute Gasteiger partial charge is 0.339 e. The van der Waals surface area contributed by atoms with Gasteiger partial charge in [0.1, 0.15) is 5.76 Å². The highest BCUT2D eigenvalue weighted by atomic mass is 16.5. The molecule has 0 radical (unpaired) electrons. The number of methoxy groups -OCH3 is 1. The average molecular weight is 343 g/mol. The number of hydrogen-bond acceptors (Lipinski definition) is 4. The summed E-state index contributed by atoms with van der Waals surface area (Å²) in [5, 5.41) is 3.33. The molecular weight excluding hydrogens is 314 g/mol. The fourth-order valence-electron chi connectivity index (χ4n) is 2.67. The summed E-state index contributed by atoms with van der Waals surface area (Å²) in [5.74, 6) is 0.729. The zero-order chi connectivity index (χ0) is 18.8. The molecule has 4 heteroatoms. The van der Waals surface area contributed by atoms with Crippen LogP contribution >= 0.6 is 0 Å². The lowest BCUT2D eigenvalue weighted by atomic mass is 9.92. The number of ether oxygens (including phenoxy) is 2. The van der Waals surface area contributed by atoms with Crippen molar-refractivity contribution >= 4 is 5.97 Å². The summed E-state index contributed by atoms with van der Waals surface area (Å²) >= 11 is 0. The number of esters is 1. The minimum Gasteiger partial charge on any atom is -0.493 e. The molecule has 0 saturated carbocycles. The topological polar surface area (TPSA) is 47.6 Å². The van der Waals surface area contributed by atoms with Crippen LogP contribution in [-0.4, -0.2) is 26.2 Å². The maximum absolute atomic E-state index is 12.0. The molecule has 0 aromatic rings. The largest absolute Gasteiger partial charge is 0.493 e. The lowest BCUT2D eigenvalue weighted by Crippen LogP contribution is -2.28. The highest BCUT2D eigenvalue weighted by Gasteiger charge is 2.22. The SMILES string of the molecule is C=CC1=C(C=C(C)C)OCC[C@H]1CN/C(C=C)=C(/C=C\C)C(=O)OC. The van der Waals surface area contributed by atoms with Crippen molar-refractivity contribution < 1.29 is 14.3 Å². The highest BCUT2D eigenvalue weighted by molar-refractivity contribution is 5.92. The van der Waals surface area contributed by atoms with Crippen LogP contribution in [0.5, 0.6) is 0 Å². The van der Waals surface area contributed by atoms with Gasteiger partial charge in [0, 0.05) is 18.2 Å². The van der Waals surface area contributed by atoms with E-state index in [9.17, 15) is 4.79 Å². The van der Waals surface area contributed by atoms with Crippen LogP contribution in [0, 0.1) is 5.92 Å². The van der Waals surface area contributed by atoms with E-state index >= 15 is 0 Å². The van der Waals surface area contributed by atoms with Crippen LogP contribution in [0.15, 0.2) is 71.7 Å². The van der Waals surface area contributed by atoms with Gasteiger partial charge in [-0.25, -0.2) is 4.79 Å². The molecule has 1 aliphatic heterocycles. The minimum atomic E-state index is -0.391. The summed E-state index contributed by atoms with van der Waals surface area (Å²) < 4.78 is 10.6. The maximum Gasteiger partial charge on any atom is 0.339 e. The quantitative estimate of drug-likeness (QED) is 0.407. The Hall–Kier alpha value is -2.49. The Morgan fingerprint density at radius 2 is 2.12 bits per heavy atom. The Bertz CT molecular complexity index is 632. The molecule has 0 unspecified atom stereocenters. The zero-order valence-electron chi connectivity index (χ0n) is 15.7. The molecule has 1 heterocycles. The van der Waals surface area contributed by atoms with Gasteiger partial charge in [-0.05, 0) is 51.0 Å². The van der Waals surface area contributed by atoms with Gasteiger partial charge < -0.3 is 14.8 Å². The fraction of sp³-hybridized carbons (Fsp3) is 0.381. The third kappa shape index (κ3) is 5.82. The summed E-state index contributed by atoms with van der Waals surface area (Å²) in [6.07, 6.45) is 9.93. The van der Waals surface area contributed by atoms with E-state index in [4.69, 9.17) is 9.47 Å². The standard InChI is InChI=1S/C21H29NO3/c1-7-10-18(21(23)24-6)19(9-3)22-14-16-11-12-25-20(13-15(4)5)17(16)8-2/h7-10,13,16,22H,2-3,11-12,14H2,1,4-6H3/b10-7-,19-18-/t16-/m0/s1. The molecule has 1 aliphatic rings. The molecule has 0 fully saturated rings. The monoisotopic (exact) mass is 343 g/mol. The second-order valence-corrected chi connectivity index (χ2v) is 5.98. The Kier molecular flexibility index (Phi) is 8.54. The van der Waals surface area contributed by atoms with Crippen molar-refractivity contribution in [3.05, 3.63) is 71.7 Å². The first-order valence-corrected chi connectivity index (χ1v) is 8.44. The van der Waals surface area contributed by atoms with Gasteiger partial charge in [-0.2, -0.15) is 0 Å². The van der Waals surface area contributed by atoms with E-state index in [1.54, 1.807) is 18.2 Å². The van der Waals surface area contributed by atoms with E-state index in [-0.39, 0.29) is 5.92 Å².